The third-order valence-electron chi connectivity index (χ3n) is 5.03. The number of fused-ring (bicyclic) bond motifs is 4. The molecule has 0 nitrogen and oxygen atoms in total. The van der Waals surface area contributed by atoms with E-state index in [1.165, 1.54) is 37.1 Å². The average Bonchev–Trinajstić information content (AvgIpc) is 3.53. The Morgan fingerprint density at radius 2 is 1.43 bits per heavy atom. The average molecular weight is 525 g/mol. The van der Waals surface area contributed by atoms with Gasteiger partial charge in [-0.3, -0.25) is 6.08 Å². The minimum Gasteiger partial charge on any atom is -0.157 e. The molecule has 0 unspecified atom stereocenters. The Morgan fingerprint density at radius 3 is 1.97 bits per heavy atom. The fourth-order valence-electron chi connectivity index (χ4n) is 3.80. The van der Waals surface area contributed by atoms with Crippen LogP contribution in [0.1, 0.15) is 6.42 Å². The fourth-order valence-corrected chi connectivity index (χ4v) is 6.50. The molecule has 1 aliphatic rings. The molecule has 0 amide bonds. The van der Waals surface area contributed by atoms with E-state index < -0.39 is 28.4 Å². The maximum atomic E-state index is 4.93. The van der Waals surface area contributed by atoms with E-state index in [2.05, 4.69) is 97.1 Å². The quantitative estimate of drug-likeness (QED) is 0.192. The molecule has 0 aliphatic heterocycles. The number of benzene rings is 3. The van der Waals surface area contributed by atoms with Crippen molar-refractivity contribution in [1.29, 1.82) is 0 Å². The van der Waals surface area contributed by atoms with Gasteiger partial charge in [-0.15, -0.1) is 41.5 Å². The van der Waals surface area contributed by atoms with Crippen LogP contribution in [0.4, 0.5) is 0 Å². The molecule has 1 heterocycles. The number of halogens is 2. The molecule has 0 saturated carbocycles. The van der Waals surface area contributed by atoms with E-state index in [0.717, 1.165) is 6.42 Å². The van der Waals surface area contributed by atoms with Gasteiger partial charge >= 0.3 is 37.9 Å². The van der Waals surface area contributed by atoms with Gasteiger partial charge < -0.3 is 0 Å². The zero-order chi connectivity index (χ0) is 20.8. The van der Waals surface area contributed by atoms with Crippen molar-refractivity contribution < 1.29 is 20.8 Å². The molecule has 6 rings (SSSR count). The molecule has 4 heteroatoms. The Labute approximate surface area is 196 Å². The molecular formula is C26H19Cl2PZr. The molecule has 0 bridgehead atoms. The molecule has 0 N–H and O–H groups in total. The maximum Gasteiger partial charge on any atom is 0.00532 e. The summed E-state index contributed by atoms with van der Waals surface area (Å²) in [6.45, 7) is 0. The van der Waals surface area contributed by atoms with Crippen molar-refractivity contribution in [1.82, 2.24) is 0 Å². The Kier molecular flexibility index (Phi) is 7.75. The van der Waals surface area contributed by atoms with E-state index in [0.29, 0.717) is 0 Å². The normalized spacial score (nSPS) is 11.8. The fraction of sp³-hybridized carbons (Fsp3) is 0.0385. The predicted molar refractivity (Wildman–Crippen MR) is 132 cm³/mol. The van der Waals surface area contributed by atoms with Crippen LogP contribution in [0.25, 0.3) is 37.1 Å². The smallest absolute Gasteiger partial charge is 0.00532 e. The molecule has 146 valence electrons. The molecule has 0 spiro atoms. The molecule has 5 aromatic rings. The molecular weight excluding hydrogens is 505 g/mol. The van der Waals surface area contributed by atoms with E-state index >= 15 is 0 Å². The number of allylic oxidation sites excluding steroid dienone is 4. The number of hydrogen-bond acceptors (Lipinski definition) is 0. The number of hydrogen-bond donors (Lipinski definition) is 0. The Hall–Kier alpha value is -1.49. The summed E-state index contributed by atoms with van der Waals surface area (Å²) in [4.78, 5) is 0. The minimum atomic E-state index is -0.826. The van der Waals surface area contributed by atoms with Crippen LogP contribution in [0.2, 0.25) is 0 Å². The van der Waals surface area contributed by atoms with Gasteiger partial charge in [-0.2, -0.15) is 12.1 Å². The zero-order valence-electron chi connectivity index (χ0n) is 16.2. The molecule has 1 aromatic heterocycles. The number of rotatable bonds is 1. The van der Waals surface area contributed by atoms with E-state index in [1.54, 1.807) is 0 Å². The predicted octanol–water partition coefficient (Wildman–Crippen LogP) is 9.52. The Bertz CT molecular complexity index is 1230. The second-order valence-corrected chi connectivity index (χ2v) is 12.7. The molecule has 0 fully saturated rings. The van der Waals surface area contributed by atoms with Gasteiger partial charge in [0, 0.05) is 10.2 Å². The summed E-state index contributed by atoms with van der Waals surface area (Å²) in [6, 6.07) is 31.2. The molecule has 4 aromatic carbocycles. The van der Waals surface area contributed by atoms with Crippen molar-refractivity contribution in [3.8, 4) is 5.30 Å². The van der Waals surface area contributed by atoms with Crippen LogP contribution < -0.4 is 0 Å². The van der Waals surface area contributed by atoms with Crippen LogP contribution in [-0.4, -0.2) is 0 Å². The van der Waals surface area contributed by atoms with E-state index in [-0.39, 0.29) is 0 Å². The van der Waals surface area contributed by atoms with E-state index in [9.17, 15) is 0 Å². The van der Waals surface area contributed by atoms with Crippen LogP contribution in [0.5, 0.6) is 0 Å². The monoisotopic (exact) mass is 522 g/mol. The first-order valence-corrected chi connectivity index (χ1v) is 17.3. The summed E-state index contributed by atoms with van der Waals surface area (Å²) in [5.41, 5.74) is 0. The maximum absolute atomic E-state index is 4.93. The molecule has 0 radical (unpaired) electrons. The van der Waals surface area contributed by atoms with Gasteiger partial charge in [0.1, 0.15) is 0 Å². The van der Waals surface area contributed by atoms with Crippen molar-refractivity contribution in [2.24, 2.45) is 0 Å². The molecule has 0 atom stereocenters. The minimum absolute atomic E-state index is 0.419. The third kappa shape index (κ3) is 4.71. The van der Waals surface area contributed by atoms with Crippen LogP contribution in [-0.2, 0) is 20.8 Å². The first kappa shape index (κ1) is 21.7. The second-order valence-electron chi connectivity index (χ2n) is 6.79. The first-order valence-electron chi connectivity index (χ1n) is 9.65. The standard InChI is InChI=1S/C21H14P.C5H5.2ClH.Zr/c1-2-8-16-14-17(13-15(16)7-1)22-20-11-5-3-9-18(20)19-10-4-6-12-21(19)22;1-2-4-5-3-1;;;/h1-14H;1-3H,4H2;2*1H;/q2*-1;;;+4/p-2. The van der Waals surface area contributed by atoms with Gasteiger partial charge in [-0.1, -0.05) is 67.4 Å². The summed E-state index contributed by atoms with van der Waals surface area (Å²) >= 11 is -0.826. The zero-order valence-corrected chi connectivity index (χ0v) is 21.1. The van der Waals surface area contributed by atoms with Gasteiger partial charge in [-0.25, -0.2) is 12.2 Å². The van der Waals surface area contributed by atoms with Gasteiger partial charge in [0.15, 0.2) is 0 Å². The SMILES string of the molecule is [C-]1=CC=CC1.[Cl][Zr+2][Cl].c1ccc2[cH-]c(-p3c4ccccc4c4ccccc43)cc2c1. The van der Waals surface area contributed by atoms with Crippen molar-refractivity contribution >= 4 is 56.3 Å². The van der Waals surface area contributed by atoms with Crippen LogP contribution in [0.3, 0.4) is 0 Å². The van der Waals surface area contributed by atoms with Gasteiger partial charge in [0.2, 0.25) is 0 Å². The Morgan fingerprint density at radius 1 is 0.833 bits per heavy atom. The summed E-state index contributed by atoms with van der Waals surface area (Å²) in [5, 5.41) is 9.98. The summed E-state index contributed by atoms with van der Waals surface area (Å²) in [7, 11) is 9.45. The third-order valence-corrected chi connectivity index (χ3v) is 7.55. The van der Waals surface area contributed by atoms with Crippen LogP contribution in [0, 0.1) is 6.08 Å². The van der Waals surface area contributed by atoms with Crippen molar-refractivity contribution in [3.05, 3.63) is 109 Å². The summed E-state index contributed by atoms with van der Waals surface area (Å²) in [6.07, 6.45) is 10.0. The second kappa shape index (κ2) is 10.7. The van der Waals surface area contributed by atoms with Crippen molar-refractivity contribution in [2.75, 3.05) is 0 Å². The van der Waals surface area contributed by atoms with Gasteiger partial charge in [-0.05, 0) is 10.8 Å². The van der Waals surface area contributed by atoms with Gasteiger partial charge in [0.05, 0.1) is 0 Å². The van der Waals surface area contributed by atoms with Crippen LogP contribution in [0.15, 0.2) is 103 Å². The van der Waals surface area contributed by atoms with Crippen LogP contribution >= 0.6 is 24.6 Å². The molecule has 30 heavy (non-hydrogen) atoms. The first-order chi connectivity index (χ1) is 14.8. The summed E-state index contributed by atoms with van der Waals surface area (Å²) in [5.74, 6) is 0. The molecule has 1 aliphatic carbocycles. The van der Waals surface area contributed by atoms with Crippen molar-refractivity contribution in [2.45, 2.75) is 6.42 Å². The van der Waals surface area contributed by atoms with Crippen molar-refractivity contribution in [3.63, 3.8) is 0 Å². The molecule has 0 saturated heterocycles. The van der Waals surface area contributed by atoms with E-state index in [4.69, 9.17) is 17.0 Å². The summed E-state index contributed by atoms with van der Waals surface area (Å²) < 4.78 is 0. The van der Waals surface area contributed by atoms with Gasteiger partial charge in [0.25, 0.3) is 0 Å². The largest absolute Gasteiger partial charge is 0.157 e. The van der Waals surface area contributed by atoms with E-state index in [1.807, 2.05) is 12.2 Å². The topological polar surface area (TPSA) is 0 Å². The Balaban J connectivity index is 0.000000233.